The van der Waals surface area contributed by atoms with Crippen LogP contribution in [0.5, 0.6) is 0 Å². The zero-order chi connectivity index (χ0) is 44.5. The second-order valence-electron chi connectivity index (χ2n) is 17.3. The molecule has 0 aromatic carbocycles. The first-order valence-electron chi connectivity index (χ1n) is 25.7. The third kappa shape index (κ3) is 43.7. The minimum atomic E-state index is -0.800. The smallest absolute Gasteiger partial charge is 0.306 e. The van der Waals surface area contributed by atoms with Gasteiger partial charge in [-0.2, -0.15) is 0 Å². The molecule has 0 aliphatic carbocycles. The molecule has 3 unspecified atom stereocenters. The molecule has 61 heavy (non-hydrogen) atoms. The van der Waals surface area contributed by atoms with E-state index < -0.39 is 18.2 Å². The molecule has 6 nitrogen and oxygen atoms in total. The Morgan fingerprint density at radius 3 is 1.39 bits per heavy atom. The Morgan fingerprint density at radius 1 is 0.492 bits per heavy atom. The Labute approximate surface area is 377 Å². The molecule has 0 fully saturated rings. The zero-order valence-electron chi connectivity index (χ0n) is 40.0. The number of aliphatic hydroxyl groups excluding tert-OH is 2. The van der Waals surface area contributed by atoms with Gasteiger partial charge < -0.3 is 20.3 Å². The lowest BCUT2D eigenvalue weighted by atomic mass is 10.0. The number of amides is 1. The van der Waals surface area contributed by atoms with Gasteiger partial charge in [0.15, 0.2) is 0 Å². The van der Waals surface area contributed by atoms with Gasteiger partial charge in [0.25, 0.3) is 0 Å². The summed E-state index contributed by atoms with van der Waals surface area (Å²) in [5, 5.41) is 23.8. The summed E-state index contributed by atoms with van der Waals surface area (Å²) < 4.78 is 5.91. The van der Waals surface area contributed by atoms with E-state index in [-0.39, 0.29) is 24.9 Å². The Kier molecular flexibility index (Phi) is 46.2. The van der Waals surface area contributed by atoms with E-state index in [1.165, 1.54) is 89.9 Å². The second-order valence-corrected chi connectivity index (χ2v) is 17.3. The lowest BCUT2D eigenvalue weighted by Gasteiger charge is -2.24. The summed E-state index contributed by atoms with van der Waals surface area (Å²) in [4.78, 5) is 26.1. The van der Waals surface area contributed by atoms with Gasteiger partial charge in [0, 0.05) is 6.42 Å². The maximum absolute atomic E-state index is 13.2. The Morgan fingerprint density at radius 2 is 0.885 bits per heavy atom. The molecule has 1 amide bonds. The van der Waals surface area contributed by atoms with Crippen LogP contribution < -0.4 is 5.32 Å². The molecule has 3 atom stereocenters. The van der Waals surface area contributed by atoms with Crippen LogP contribution in [0.15, 0.2) is 72.9 Å². The SMILES string of the molecule is CC/C=C/C=C/C=C/C=C\CCCCCCCC(=O)OC(CCCCCC/C=C/C=C/CCCCC)CC(=O)NC(CO)C(O)CCCCCCCCCCCCCCCC. The monoisotopic (exact) mass is 852 g/mol. The highest BCUT2D eigenvalue weighted by Gasteiger charge is 2.24. The van der Waals surface area contributed by atoms with Crippen LogP contribution in [0.3, 0.4) is 0 Å². The van der Waals surface area contributed by atoms with Gasteiger partial charge >= 0.3 is 5.97 Å². The first-order valence-corrected chi connectivity index (χ1v) is 25.7. The quantitative estimate of drug-likeness (QED) is 0.0322. The maximum Gasteiger partial charge on any atom is 0.306 e. The fourth-order valence-electron chi connectivity index (χ4n) is 7.49. The predicted molar refractivity (Wildman–Crippen MR) is 264 cm³/mol. The number of carbonyl (C=O) groups excluding carboxylic acids is 2. The van der Waals surface area contributed by atoms with Gasteiger partial charge in [-0.3, -0.25) is 9.59 Å². The van der Waals surface area contributed by atoms with Crippen LogP contribution in [0, 0.1) is 0 Å². The van der Waals surface area contributed by atoms with Crippen molar-refractivity contribution in [1.29, 1.82) is 0 Å². The summed E-state index contributed by atoms with van der Waals surface area (Å²) in [6, 6.07) is -0.716. The molecule has 6 heteroatoms. The Hall–Kier alpha value is -2.70. The van der Waals surface area contributed by atoms with Crippen molar-refractivity contribution < 1.29 is 24.5 Å². The fourth-order valence-corrected chi connectivity index (χ4v) is 7.49. The van der Waals surface area contributed by atoms with Crippen molar-refractivity contribution in [3.8, 4) is 0 Å². The average Bonchev–Trinajstić information content (AvgIpc) is 3.25. The van der Waals surface area contributed by atoms with Gasteiger partial charge in [-0.1, -0.05) is 229 Å². The van der Waals surface area contributed by atoms with E-state index in [9.17, 15) is 19.8 Å². The molecule has 0 aromatic rings. The van der Waals surface area contributed by atoms with Crippen LogP contribution in [-0.4, -0.2) is 46.9 Å². The van der Waals surface area contributed by atoms with Crippen molar-refractivity contribution in [2.24, 2.45) is 0 Å². The molecule has 3 N–H and O–H groups in total. The largest absolute Gasteiger partial charge is 0.462 e. The first-order chi connectivity index (χ1) is 30.0. The van der Waals surface area contributed by atoms with Gasteiger partial charge in [-0.25, -0.2) is 0 Å². The normalized spacial score (nSPS) is 13.9. The molecule has 0 radical (unpaired) electrons. The number of hydrogen-bond donors (Lipinski definition) is 3. The number of unbranched alkanes of at least 4 members (excludes halogenated alkanes) is 25. The number of allylic oxidation sites excluding steroid dienone is 12. The predicted octanol–water partition coefficient (Wildman–Crippen LogP) is 15.4. The van der Waals surface area contributed by atoms with Crippen LogP contribution in [-0.2, 0) is 14.3 Å². The van der Waals surface area contributed by atoms with Crippen LogP contribution in [0.2, 0.25) is 0 Å². The van der Waals surface area contributed by atoms with Crippen LogP contribution in [0.1, 0.15) is 239 Å². The number of hydrogen-bond acceptors (Lipinski definition) is 5. The Bertz CT molecular complexity index is 1140. The van der Waals surface area contributed by atoms with E-state index in [0.29, 0.717) is 19.3 Å². The van der Waals surface area contributed by atoms with Crippen molar-refractivity contribution in [2.45, 2.75) is 257 Å². The van der Waals surface area contributed by atoms with E-state index >= 15 is 0 Å². The summed E-state index contributed by atoms with van der Waals surface area (Å²) >= 11 is 0. The minimum Gasteiger partial charge on any atom is -0.462 e. The molecule has 0 bridgehead atoms. The maximum atomic E-state index is 13.2. The van der Waals surface area contributed by atoms with E-state index in [0.717, 1.165) is 103 Å². The third-order valence-corrected chi connectivity index (χ3v) is 11.4. The van der Waals surface area contributed by atoms with E-state index in [1.54, 1.807) is 0 Å². The molecule has 352 valence electrons. The topological polar surface area (TPSA) is 95.9 Å². The lowest BCUT2D eigenvalue weighted by molar-refractivity contribution is -0.151. The molecular formula is C55H97NO5. The van der Waals surface area contributed by atoms with Crippen molar-refractivity contribution in [1.82, 2.24) is 5.32 Å². The van der Waals surface area contributed by atoms with Crippen LogP contribution in [0.4, 0.5) is 0 Å². The van der Waals surface area contributed by atoms with Crippen LogP contribution >= 0.6 is 0 Å². The molecule has 0 spiro atoms. The highest BCUT2D eigenvalue weighted by molar-refractivity contribution is 5.77. The van der Waals surface area contributed by atoms with Gasteiger partial charge in [-0.15, -0.1) is 0 Å². The number of esters is 1. The van der Waals surface area contributed by atoms with Gasteiger partial charge in [0.05, 0.1) is 25.2 Å². The molecule has 0 aliphatic rings. The molecule has 0 rings (SSSR count). The van der Waals surface area contributed by atoms with Gasteiger partial charge in [0.1, 0.15) is 6.10 Å². The number of aliphatic hydroxyl groups is 2. The number of rotatable bonds is 45. The molecule has 0 aliphatic heterocycles. The third-order valence-electron chi connectivity index (χ3n) is 11.4. The van der Waals surface area contributed by atoms with Crippen molar-refractivity contribution in [3.05, 3.63) is 72.9 Å². The fraction of sp³-hybridized carbons (Fsp3) is 0.745. The molecule has 0 saturated heterocycles. The Balaban J connectivity index is 4.64. The highest BCUT2D eigenvalue weighted by Crippen LogP contribution is 2.17. The van der Waals surface area contributed by atoms with Gasteiger partial charge in [0.2, 0.25) is 5.91 Å². The summed E-state index contributed by atoms with van der Waals surface area (Å²) in [5.41, 5.74) is 0. The summed E-state index contributed by atoms with van der Waals surface area (Å²) in [6.45, 7) is 6.30. The number of ether oxygens (including phenoxy) is 1. The zero-order valence-corrected chi connectivity index (χ0v) is 40.0. The summed E-state index contributed by atoms with van der Waals surface area (Å²) in [6.07, 6.45) is 61.0. The van der Waals surface area contributed by atoms with Crippen LogP contribution in [0.25, 0.3) is 0 Å². The second kappa shape index (κ2) is 48.3. The molecule has 0 heterocycles. The molecular weight excluding hydrogens is 755 g/mol. The molecule has 0 aromatic heterocycles. The van der Waals surface area contributed by atoms with Crippen molar-refractivity contribution in [3.63, 3.8) is 0 Å². The average molecular weight is 852 g/mol. The van der Waals surface area contributed by atoms with Crippen molar-refractivity contribution in [2.75, 3.05) is 6.61 Å². The number of carbonyl (C=O) groups is 2. The van der Waals surface area contributed by atoms with E-state index in [4.69, 9.17) is 4.74 Å². The van der Waals surface area contributed by atoms with Gasteiger partial charge in [-0.05, 0) is 70.6 Å². The summed E-state index contributed by atoms with van der Waals surface area (Å²) in [7, 11) is 0. The standard InChI is InChI=1S/C55H97NO5/c1-4-7-10-13-16-19-22-25-27-30-33-36-39-42-45-48-55(60)61-51(46-43-40-37-34-31-28-24-21-18-15-12-9-6-3)49-54(59)56-52(50-57)53(58)47-44-41-38-35-32-29-26-23-20-17-14-11-8-5-2/h7,10,13,16,18-19,21-22,24-25,27-28,51-53,57-58H,4-6,8-9,11-12,14-15,17,20,23,26,29-50H2,1-3H3,(H,56,59)/b10-7+,16-13+,21-18+,22-19+,27-25-,28-24+. The lowest BCUT2D eigenvalue weighted by Crippen LogP contribution is -2.46. The number of nitrogens with one attached hydrogen (secondary N) is 1. The van der Waals surface area contributed by atoms with E-state index in [1.807, 2.05) is 18.2 Å². The summed E-state index contributed by atoms with van der Waals surface area (Å²) in [5.74, 6) is -0.522. The minimum absolute atomic E-state index is 0.0516. The first kappa shape index (κ1) is 58.3. The molecule has 0 saturated carbocycles. The van der Waals surface area contributed by atoms with E-state index in [2.05, 4.69) is 80.8 Å². The van der Waals surface area contributed by atoms with Crippen molar-refractivity contribution >= 4 is 11.9 Å². The highest BCUT2D eigenvalue weighted by atomic mass is 16.5.